The van der Waals surface area contributed by atoms with Gasteiger partial charge >= 0.3 is 5.97 Å². The highest BCUT2D eigenvalue weighted by Crippen LogP contribution is 2.07. The third kappa shape index (κ3) is 6.64. The number of carboxylic acids is 1. The van der Waals surface area contributed by atoms with Crippen LogP contribution in [-0.4, -0.2) is 47.7 Å². The Hall–Kier alpha value is -0.610. The Morgan fingerprint density at radius 2 is 2.00 bits per heavy atom. The number of nitrogens with zero attached hydrogens (tertiary/aromatic N) is 1. The summed E-state index contributed by atoms with van der Waals surface area (Å²) < 4.78 is 0. The molecule has 0 aliphatic rings. The zero-order valence-corrected chi connectivity index (χ0v) is 11.7. The summed E-state index contributed by atoms with van der Waals surface area (Å²) in [6.07, 6.45) is 3.33. The number of carboxylic acid groups (broad SMARTS) is 1. The minimum atomic E-state index is -0.753. The average molecular weight is 244 g/mol. The molecule has 0 bridgehead atoms. The number of hydrogen-bond donors (Lipinski definition) is 2. The molecule has 0 amide bonds. The summed E-state index contributed by atoms with van der Waals surface area (Å²) in [5.74, 6) is -0.753. The first kappa shape index (κ1) is 16.4. The van der Waals surface area contributed by atoms with Crippen molar-refractivity contribution in [1.82, 2.24) is 10.2 Å². The van der Waals surface area contributed by atoms with Gasteiger partial charge in [-0.1, -0.05) is 27.2 Å². The second-order valence-corrected chi connectivity index (χ2v) is 4.55. The molecular formula is C13H28N2O2. The molecule has 102 valence electrons. The van der Waals surface area contributed by atoms with Crippen LogP contribution in [0.2, 0.25) is 0 Å². The summed E-state index contributed by atoms with van der Waals surface area (Å²) in [5.41, 5.74) is 0. The van der Waals surface area contributed by atoms with Crippen molar-refractivity contribution < 1.29 is 9.90 Å². The molecule has 0 saturated heterocycles. The predicted molar refractivity (Wildman–Crippen MR) is 71.3 cm³/mol. The molecule has 0 aliphatic carbocycles. The summed E-state index contributed by atoms with van der Waals surface area (Å²) in [5, 5.41) is 12.2. The van der Waals surface area contributed by atoms with E-state index in [0.29, 0.717) is 19.1 Å². The Morgan fingerprint density at radius 1 is 1.35 bits per heavy atom. The van der Waals surface area contributed by atoms with Crippen LogP contribution >= 0.6 is 0 Å². The molecule has 0 aromatic heterocycles. The zero-order chi connectivity index (χ0) is 13.3. The van der Waals surface area contributed by atoms with Crippen LogP contribution in [-0.2, 0) is 4.79 Å². The van der Waals surface area contributed by atoms with E-state index in [4.69, 9.17) is 5.11 Å². The summed E-state index contributed by atoms with van der Waals surface area (Å²) in [6.45, 7) is 10.7. The van der Waals surface area contributed by atoms with E-state index in [1.54, 1.807) is 0 Å². The molecule has 0 aromatic rings. The molecule has 0 rings (SSSR count). The molecule has 4 nitrogen and oxygen atoms in total. The Bertz CT molecular complexity index is 210. The van der Waals surface area contributed by atoms with Gasteiger partial charge in [0, 0.05) is 12.6 Å². The molecule has 0 aliphatic heterocycles. The van der Waals surface area contributed by atoms with E-state index < -0.39 is 12.0 Å². The second-order valence-electron chi connectivity index (χ2n) is 4.55. The van der Waals surface area contributed by atoms with Gasteiger partial charge < -0.3 is 10.4 Å². The minimum absolute atomic E-state index is 0.446. The lowest BCUT2D eigenvalue weighted by Gasteiger charge is -2.30. The number of unbranched alkanes of at least 4 members (excludes halogenated alkanes) is 1. The SMILES string of the molecule is CCCCN(CC(NCC)C(=O)O)C(C)CC. The molecule has 17 heavy (non-hydrogen) atoms. The van der Waals surface area contributed by atoms with Gasteiger partial charge in [0.05, 0.1) is 0 Å². The van der Waals surface area contributed by atoms with E-state index in [2.05, 4.69) is 31.0 Å². The fraction of sp³-hybridized carbons (Fsp3) is 0.923. The van der Waals surface area contributed by atoms with Crippen LogP contribution in [0.15, 0.2) is 0 Å². The lowest BCUT2D eigenvalue weighted by atomic mass is 10.1. The third-order valence-electron chi connectivity index (χ3n) is 3.18. The van der Waals surface area contributed by atoms with Crippen molar-refractivity contribution >= 4 is 5.97 Å². The Kier molecular flexibility index (Phi) is 9.09. The van der Waals surface area contributed by atoms with Gasteiger partial charge in [-0.05, 0) is 32.9 Å². The molecule has 0 spiro atoms. The highest BCUT2D eigenvalue weighted by Gasteiger charge is 2.22. The quantitative estimate of drug-likeness (QED) is 0.617. The van der Waals surface area contributed by atoms with Crippen molar-refractivity contribution in [2.75, 3.05) is 19.6 Å². The average Bonchev–Trinajstić information content (AvgIpc) is 2.31. The van der Waals surface area contributed by atoms with E-state index in [1.165, 1.54) is 0 Å². The first-order valence-electron chi connectivity index (χ1n) is 6.76. The van der Waals surface area contributed by atoms with E-state index in [0.717, 1.165) is 25.8 Å². The van der Waals surface area contributed by atoms with E-state index in [9.17, 15) is 4.79 Å². The third-order valence-corrected chi connectivity index (χ3v) is 3.18. The van der Waals surface area contributed by atoms with Crippen molar-refractivity contribution in [2.24, 2.45) is 0 Å². The summed E-state index contributed by atoms with van der Waals surface area (Å²) >= 11 is 0. The largest absolute Gasteiger partial charge is 0.480 e. The minimum Gasteiger partial charge on any atom is -0.480 e. The fourth-order valence-electron chi connectivity index (χ4n) is 1.82. The maximum atomic E-state index is 11.1. The molecule has 0 fully saturated rings. The van der Waals surface area contributed by atoms with Crippen molar-refractivity contribution in [3.05, 3.63) is 0 Å². The monoisotopic (exact) mass is 244 g/mol. The van der Waals surface area contributed by atoms with Crippen LogP contribution in [0.5, 0.6) is 0 Å². The maximum absolute atomic E-state index is 11.1. The fourth-order valence-corrected chi connectivity index (χ4v) is 1.82. The van der Waals surface area contributed by atoms with Gasteiger partial charge in [0.15, 0.2) is 0 Å². The van der Waals surface area contributed by atoms with Gasteiger partial charge in [0.2, 0.25) is 0 Å². The number of rotatable bonds is 10. The second kappa shape index (κ2) is 9.42. The van der Waals surface area contributed by atoms with E-state index in [1.807, 2.05) is 6.92 Å². The smallest absolute Gasteiger partial charge is 0.322 e. The molecule has 4 heteroatoms. The lowest BCUT2D eigenvalue weighted by molar-refractivity contribution is -0.140. The van der Waals surface area contributed by atoms with Gasteiger partial charge in [-0.2, -0.15) is 0 Å². The van der Waals surface area contributed by atoms with Crippen molar-refractivity contribution in [1.29, 1.82) is 0 Å². The maximum Gasteiger partial charge on any atom is 0.322 e. The molecule has 2 N–H and O–H groups in total. The molecule has 0 saturated carbocycles. The van der Waals surface area contributed by atoms with Crippen LogP contribution in [0.25, 0.3) is 0 Å². The van der Waals surface area contributed by atoms with E-state index >= 15 is 0 Å². The molecular weight excluding hydrogens is 216 g/mol. The normalized spacial score (nSPS) is 14.9. The van der Waals surface area contributed by atoms with Crippen LogP contribution < -0.4 is 5.32 Å². The van der Waals surface area contributed by atoms with Crippen LogP contribution in [0, 0.1) is 0 Å². The topological polar surface area (TPSA) is 52.6 Å². The zero-order valence-electron chi connectivity index (χ0n) is 11.7. The standard InChI is InChI=1S/C13H28N2O2/c1-5-8-9-15(11(4)6-2)10-12(13(16)17)14-7-3/h11-12,14H,5-10H2,1-4H3,(H,16,17). The van der Waals surface area contributed by atoms with Crippen LogP contribution in [0.1, 0.15) is 47.0 Å². The molecule has 0 radical (unpaired) electrons. The Balaban J connectivity index is 4.40. The van der Waals surface area contributed by atoms with Crippen molar-refractivity contribution in [3.63, 3.8) is 0 Å². The van der Waals surface area contributed by atoms with Gasteiger partial charge in [-0.25, -0.2) is 0 Å². The van der Waals surface area contributed by atoms with Gasteiger partial charge in [-0.15, -0.1) is 0 Å². The number of carbonyl (C=O) groups is 1. The predicted octanol–water partition coefficient (Wildman–Crippen LogP) is 1.95. The summed E-state index contributed by atoms with van der Waals surface area (Å²) in [6, 6.07) is -0.00656. The van der Waals surface area contributed by atoms with Crippen LogP contribution in [0.4, 0.5) is 0 Å². The number of likely N-dealkylation sites (N-methyl/N-ethyl adjacent to an activating group) is 1. The summed E-state index contributed by atoms with van der Waals surface area (Å²) in [7, 11) is 0. The van der Waals surface area contributed by atoms with Crippen LogP contribution in [0.3, 0.4) is 0 Å². The Labute approximate surface area is 105 Å². The highest BCUT2D eigenvalue weighted by molar-refractivity contribution is 5.73. The van der Waals surface area contributed by atoms with Crippen molar-refractivity contribution in [3.8, 4) is 0 Å². The number of aliphatic carboxylic acids is 1. The first-order chi connectivity index (χ1) is 8.06. The van der Waals surface area contributed by atoms with E-state index in [-0.39, 0.29) is 0 Å². The molecule has 0 heterocycles. The van der Waals surface area contributed by atoms with Gasteiger partial charge in [0.25, 0.3) is 0 Å². The van der Waals surface area contributed by atoms with Gasteiger partial charge in [0.1, 0.15) is 6.04 Å². The Morgan fingerprint density at radius 3 is 2.41 bits per heavy atom. The lowest BCUT2D eigenvalue weighted by Crippen LogP contribution is -2.48. The number of nitrogens with one attached hydrogen (secondary N) is 1. The van der Waals surface area contributed by atoms with Crippen molar-refractivity contribution in [2.45, 2.75) is 59.0 Å². The molecule has 0 aromatic carbocycles. The van der Waals surface area contributed by atoms with Gasteiger partial charge in [-0.3, -0.25) is 9.69 Å². The highest BCUT2D eigenvalue weighted by atomic mass is 16.4. The first-order valence-corrected chi connectivity index (χ1v) is 6.76. The molecule has 2 unspecified atom stereocenters. The summed E-state index contributed by atoms with van der Waals surface area (Å²) in [4.78, 5) is 13.4. The molecule has 2 atom stereocenters. The number of hydrogen-bond acceptors (Lipinski definition) is 3.